The number of anilines is 1. The van der Waals surface area contributed by atoms with E-state index in [1.54, 1.807) is 19.1 Å². The molecule has 2 rings (SSSR count). The number of rotatable bonds is 8. The Morgan fingerprint density at radius 2 is 1.69 bits per heavy atom. The van der Waals surface area contributed by atoms with E-state index in [0.29, 0.717) is 12.1 Å². The highest BCUT2D eigenvalue weighted by atomic mass is 32.2. The van der Waals surface area contributed by atoms with Gasteiger partial charge in [0.15, 0.2) is 0 Å². The molecule has 1 amide bonds. The van der Waals surface area contributed by atoms with Crippen molar-refractivity contribution in [2.75, 3.05) is 10.6 Å². The minimum absolute atomic E-state index is 0.172. The number of hydrogen-bond acceptors (Lipinski definition) is 3. The Labute approximate surface area is 175 Å². The lowest BCUT2D eigenvalue weighted by Crippen LogP contribution is -2.48. The number of nitrogens with zero attached hydrogens (tertiary/aromatic N) is 1. The Kier molecular flexibility index (Phi) is 7.47. The van der Waals surface area contributed by atoms with Gasteiger partial charge < -0.3 is 5.32 Å². The summed E-state index contributed by atoms with van der Waals surface area (Å²) in [7, 11) is -3.63. The van der Waals surface area contributed by atoms with Gasteiger partial charge in [-0.15, -0.1) is 0 Å². The van der Waals surface area contributed by atoms with Crippen LogP contribution in [0.3, 0.4) is 0 Å². The summed E-state index contributed by atoms with van der Waals surface area (Å²) in [5.41, 5.74) is 4.93. The molecule has 0 aromatic heterocycles. The van der Waals surface area contributed by atoms with Crippen molar-refractivity contribution in [2.24, 2.45) is 0 Å². The fourth-order valence-corrected chi connectivity index (χ4v) is 4.77. The zero-order valence-electron chi connectivity index (χ0n) is 18.2. The Morgan fingerprint density at radius 3 is 2.17 bits per heavy atom. The van der Waals surface area contributed by atoms with Gasteiger partial charge in [0.05, 0.1) is 18.0 Å². The Bertz CT molecular complexity index is 953. The van der Waals surface area contributed by atoms with Crippen LogP contribution in [0, 0.1) is 13.8 Å². The van der Waals surface area contributed by atoms with Gasteiger partial charge in [0, 0.05) is 0 Å². The number of hydrogen-bond donors (Lipinski definition) is 1. The number of sulfonamides is 1. The summed E-state index contributed by atoms with van der Waals surface area (Å²) in [6.07, 6.45) is 2.71. The van der Waals surface area contributed by atoms with Crippen LogP contribution in [0.4, 0.5) is 5.69 Å². The van der Waals surface area contributed by atoms with Crippen molar-refractivity contribution in [1.29, 1.82) is 0 Å². The van der Waals surface area contributed by atoms with Crippen molar-refractivity contribution in [1.82, 2.24) is 5.32 Å². The van der Waals surface area contributed by atoms with Gasteiger partial charge in [-0.05, 0) is 62.4 Å². The van der Waals surface area contributed by atoms with Gasteiger partial charge >= 0.3 is 0 Å². The molecule has 0 saturated carbocycles. The molecule has 0 radical (unpaired) electrons. The zero-order valence-corrected chi connectivity index (χ0v) is 19.0. The molecule has 5 nitrogen and oxygen atoms in total. The van der Waals surface area contributed by atoms with Crippen LogP contribution in [0.5, 0.6) is 0 Å². The molecule has 0 spiro atoms. The molecule has 2 atom stereocenters. The molecule has 6 heteroatoms. The molecule has 0 heterocycles. The first-order chi connectivity index (χ1) is 13.6. The summed E-state index contributed by atoms with van der Waals surface area (Å²) >= 11 is 0. The van der Waals surface area contributed by atoms with Crippen LogP contribution in [0.25, 0.3) is 0 Å². The van der Waals surface area contributed by atoms with Crippen LogP contribution in [0.15, 0.2) is 42.5 Å². The fourth-order valence-electron chi connectivity index (χ4n) is 3.60. The molecule has 2 unspecified atom stereocenters. The Balaban J connectivity index is 2.30. The summed E-state index contributed by atoms with van der Waals surface area (Å²) in [6, 6.07) is 12.4. The Morgan fingerprint density at radius 1 is 1.07 bits per heavy atom. The molecule has 158 valence electrons. The third kappa shape index (κ3) is 5.60. The van der Waals surface area contributed by atoms with E-state index in [2.05, 4.69) is 11.4 Å². The number of nitrogens with one attached hydrogen (secondary N) is 1. The van der Waals surface area contributed by atoms with Crippen molar-refractivity contribution in [3.63, 3.8) is 0 Å². The van der Waals surface area contributed by atoms with Crippen molar-refractivity contribution in [2.45, 2.75) is 59.5 Å². The summed E-state index contributed by atoms with van der Waals surface area (Å²) in [6.45, 7) is 9.73. The second kappa shape index (κ2) is 9.44. The topological polar surface area (TPSA) is 66.5 Å². The van der Waals surface area contributed by atoms with Gasteiger partial charge in [-0.2, -0.15) is 0 Å². The SMILES string of the molecule is CCc1ccc(N(C(C)C(=O)NC(CC)c2ccc(C)cc2C)S(C)(=O)=O)cc1. The van der Waals surface area contributed by atoms with Crippen LogP contribution in [0.1, 0.15) is 55.5 Å². The van der Waals surface area contributed by atoms with E-state index < -0.39 is 16.1 Å². The second-order valence-electron chi connectivity index (χ2n) is 7.58. The van der Waals surface area contributed by atoms with Gasteiger partial charge in [-0.1, -0.05) is 49.7 Å². The average molecular weight is 417 g/mol. The largest absolute Gasteiger partial charge is 0.347 e. The number of benzene rings is 2. The van der Waals surface area contributed by atoms with Crippen LogP contribution in [-0.2, 0) is 21.2 Å². The predicted octanol–water partition coefficient (Wildman–Crippen LogP) is 4.29. The van der Waals surface area contributed by atoms with E-state index in [9.17, 15) is 13.2 Å². The number of amides is 1. The highest BCUT2D eigenvalue weighted by Crippen LogP contribution is 2.25. The second-order valence-corrected chi connectivity index (χ2v) is 9.44. The number of carbonyl (C=O) groups excluding carboxylic acids is 1. The lowest BCUT2D eigenvalue weighted by atomic mass is 9.97. The molecule has 1 N–H and O–H groups in total. The predicted molar refractivity (Wildman–Crippen MR) is 120 cm³/mol. The maximum absolute atomic E-state index is 13.0. The minimum Gasteiger partial charge on any atom is -0.347 e. The first-order valence-corrected chi connectivity index (χ1v) is 11.9. The number of aryl methyl sites for hydroxylation is 3. The molecular formula is C23H32N2O3S. The van der Waals surface area contributed by atoms with Gasteiger partial charge in [-0.25, -0.2) is 8.42 Å². The van der Waals surface area contributed by atoms with Gasteiger partial charge in [0.25, 0.3) is 0 Å². The molecule has 0 bridgehead atoms. The fraction of sp³-hybridized carbons (Fsp3) is 0.435. The maximum Gasteiger partial charge on any atom is 0.244 e. The molecule has 0 fully saturated rings. The lowest BCUT2D eigenvalue weighted by Gasteiger charge is -2.30. The molecular weight excluding hydrogens is 384 g/mol. The summed E-state index contributed by atoms with van der Waals surface area (Å²) in [5, 5.41) is 3.04. The smallest absolute Gasteiger partial charge is 0.244 e. The molecule has 2 aromatic carbocycles. The average Bonchev–Trinajstić information content (AvgIpc) is 2.66. The van der Waals surface area contributed by atoms with Crippen molar-refractivity contribution in [3.05, 3.63) is 64.7 Å². The zero-order chi connectivity index (χ0) is 21.8. The number of carbonyl (C=O) groups is 1. The standard InChI is InChI=1S/C23H32N2O3S/c1-7-19-10-12-20(13-11-19)25(29(6,27)28)18(5)23(26)24-22(8-2)21-14-9-16(3)15-17(21)4/h9-15,18,22H,7-8H2,1-6H3,(H,24,26). The van der Waals surface area contributed by atoms with E-state index in [1.807, 2.05) is 52.0 Å². The third-order valence-corrected chi connectivity index (χ3v) is 6.45. The van der Waals surface area contributed by atoms with Crippen LogP contribution >= 0.6 is 0 Å². The van der Waals surface area contributed by atoms with E-state index in [-0.39, 0.29) is 11.9 Å². The van der Waals surface area contributed by atoms with E-state index in [4.69, 9.17) is 0 Å². The molecule has 0 aliphatic heterocycles. The van der Waals surface area contributed by atoms with Crippen molar-refractivity contribution in [3.8, 4) is 0 Å². The van der Waals surface area contributed by atoms with Crippen molar-refractivity contribution < 1.29 is 13.2 Å². The van der Waals surface area contributed by atoms with Crippen LogP contribution < -0.4 is 9.62 Å². The summed E-state index contributed by atoms with van der Waals surface area (Å²) in [4.78, 5) is 13.0. The summed E-state index contributed by atoms with van der Waals surface area (Å²) in [5.74, 6) is -0.318. The van der Waals surface area contributed by atoms with E-state index >= 15 is 0 Å². The van der Waals surface area contributed by atoms with Gasteiger partial charge in [-0.3, -0.25) is 9.10 Å². The highest BCUT2D eigenvalue weighted by Gasteiger charge is 2.30. The van der Waals surface area contributed by atoms with E-state index in [1.165, 1.54) is 9.87 Å². The van der Waals surface area contributed by atoms with Crippen LogP contribution in [-0.4, -0.2) is 26.6 Å². The Hall–Kier alpha value is -2.34. The first kappa shape index (κ1) is 22.9. The van der Waals surface area contributed by atoms with Crippen LogP contribution in [0.2, 0.25) is 0 Å². The molecule has 29 heavy (non-hydrogen) atoms. The van der Waals surface area contributed by atoms with Gasteiger partial charge in [0.2, 0.25) is 15.9 Å². The highest BCUT2D eigenvalue weighted by molar-refractivity contribution is 7.92. The molecule has 0 aliphatic rings. The van der Waals surface area contributed by atoms with Crippen molar-refractivity contribution >= 4 is 21.6 Å². The van der Waals surface area contributed by atoms with E-state index in [0.717, 1.165) is 29.4 Å². The maximum atomic E-state index is 13.0. The van der Waals surface area contributed by atoms with Gasteiger partial charge in [0.1, 0.15) is 6.04 Å². The third-order valence-electron chi connectivity index (χ3n) is 5.21. The molecule has 0 saturated heterocycles. The minimum atomic E-state index is -3.63. The monoisotopic (exact) mass is 416 g/mol. The molecule has 2 aromatic rings. The first-order valence-electron chi connectivity index (χ1n) is 10.0. The molecule has 0 aliphatic carbocycles. The summed E-state index contributed by atoms with van der Waals surface area (Å²) < 4.78 is 26.2. The normalized spacial score (nSPS) is 13.6. The lowest BCUT2D eigenvalue weighted by molar-refractivity contribution is -0.122. The quantitative estimate of drug-likeness (QED) is 0.698.